The molecule has 0 aliphatic heterocycles. The van der Waals surface area contributed by atoms with Crippen LogP contribution in [-0.4, -0.2) is 34.9 Å². The van der Waals surface area contributed by atoms with E-state index >= 15 is 0 Å². The molecule has 0 fully saturated rings. The first-order chi connectivity index (χ1) is 9.38. The van der Waals surface area contributed by atoms with Crippen LogP contribution in [0.25, 0.3) is 0 Å². The van der Waals surface area contributed by atoms with Crippen LogP contribution in [0.2, 0.25) is 0 Å². The number of hydrogen-bond acceptors (Lipinski definition) is 2. The summed E-state index contributed by atoms with van der Waals surface area (Å²) >= 11 is 0. The van der Waals surface area contributed by atoms with Crippen LogP contribution < -0.4 is 10.6 Å². The molecule has 0 saturated heterocycles. The third kappa shape index (κ3) is 4.77. The van der Waals surface area contributed by atoms with Crippen LogP contribution in [0.3, 0.4) is 0 Å². The molecule has 5 nitrogen and oxygen atoms in total. The zero-order chi connectivity index (χ0) is 13.3. The number of aliphatic imine (C=N–C) groups is 1. The molecule has 1 heterocycles. The van der Waals surface area contributed by atoms with E-state index < -0.39 is 0 Å². The topological polar surface area (TPSA) is 54.2 Å². The minimum Gasteiger partial charge on any atom is -0.357 e. The summed E-state index contributed by atoms with van der Waals surface area (Å²) in [7, 11) is 0. The van der Waals surface area contributed by atoms with E-state index in [0.29, 0.717) is 6.04 Å². The third-order valence-electron chi connectivity index (χ3n) is 3.07. The minimum atomic E-state index is 0.504. The van der Waals surface area contributed by atoms with E-state index in [-0.39, 0.29) is 0 Å². The molecular weight excluding hydrogens is 238 g/mol. The van der Waals surface area contributed by atoms with Gasteiger partial charge in [-0.2, -0.15) is 5.10 Å². The van der Waals surface area contributed by atoms with E-state index in [2.05, 4.69) is 39.8 Å². The Balaban J connectivity index is 1.72. The van der Waals surface area contributed by atoms with Crippen LogP contribution in [-0.2, 0) is 6.54 Å². The fourth-order valence-corrected chi connectivity index (χ4v) is 2.10. The largest absolute Gasteiger partial charge is 0.357 e. The molecule has 19 heavy (non-hydrogen) atoms. The van der Waals surface area contributed by atoms with E-state index in [4.69, 9.17) is 0 Å². The Morgan fingerprint density at radius 1 is 1.42 bits per heavy atom. The molecule has 0 aromatic carbocycles. The number of aromatic nitrogens is 2. The summed E-state index contributed by atoms with van der Waals surface area (Å²) in [5.41, 5.74) is 0. The first-order valence-electron chi connectivity index (χ1n) is 7.05. The molecule has 5 heteroatoms. The summed E-state index contributed by atoms with van der Waals surface area (Å²) in [4.78, 5) is 4.60. The van der Waals surface area contributed by atoms with Crippen molar-refractivity contribution >= 4 is 5.96 Å². The zero-order valence-electron chi connectivity index (χ0n) is 11.5. The average Bonchev–Trinajstić information content (AvgIpc) is 3.08. The highest BCUT2D eigenvalue weighted by molar-refractivity contribution is 5.80. The van der Waals surface area contributed by atoms with Crippen LogP contribution in [0.1, 0.15) is 26.2 Å². The molecule has 104 valence electrons. The van der Waals surface area contributed by atoms with Crippen LogP contribution in [0.15, 0.2) is 35.6 Å². The predicted octanol–water partition coefficient (Wildman–Crippen LogP) is 1.55. The van der Waals surface area contributed by atoms with Crippen LogP contribution in [0.4, 0.5) is 0 Å². The fraction of sp³-hybridized carbons (Fsp3) is 0.571. The van der Waals surface area contributed by atoms with E-state index in [9.17, 15) is 0 Å². The van der Waals surface area contributed by atoms with Crippen molar-refractivity contribution < 1.29 is 0 Å². The second kappa shape index (κ2) is 7.61. The molecule has 2 N–H and O–H groups in total. The highest BCUT2D eigenvalue weighted by Gasteiger charge is 2.11. The Labute approximate surface area is 114 Å². The zero-order valence-corrected chi connectivity index (χ0v) is 11.5. The molecule has 1 aromatic rings. The van der Waals surface area contributed by atoms with Gasteiger partial charge in [-0.3, -0.25) is 9.67 Å². The van der Waals surface area contributed by atoms with Crippen LogP contribution in [0, 0.1) is 0 Å². The van der Waals surface area contributed by atoms with Gasteiger partial charge in [-0.25, -0.2) is 0 Å². The Bertz CT molecular complexity index is 399. The van der Waals surface area contributed by atoms with E-state index in [1.807, 2.05) is 23.1 Å². The predicted molar refractivity (Wildman–Crippen MR) is 78.1 cm³/mol. The maximum Gasteiger partial charge on any atom is 0.191 e. The molecule has 0 bridgehead atoms. The van der Waals surface area contributed by atoms with Crippen molar-refractivity contribution in [2.75, 3.05) is 13.1 Å². The van der Waals surface area contributed by atoms with Crippen molar-refractivity contribution in [2.24, 2.45) is 4.99 Å². The van der Waals surface area contributed by atoms with Gasteiger partial charge in [0.25, 0.3) is 0 Å². The van der Waals surface area contributed by atoms with Gasteiger partial charge in [0.15, 0.2) is 5.96 Å². The molecule has 0 spiro atoms. The quantitative estimate of drug-likeness (QED) is 0.353. The Kier molecular flexibility index (Phi) is 5.47. The molecule has 0 amide bonds. The highest BCUT2D eigenvalue weighted by Crippen LogP contribution is 2.08. The lowest BCUT2D eigenvalue weighted by Crippen LogP contribution is -2.42. The van der Waals surface area contributed by atoms with Gasteiger partial charge in [-0.15, -0.1) is 0 Å². The number of aryl methyl sites for hydroxylation is 1. The molecule has 0 saturated carbocycles. The minimum absolute atomic E-state index is 0.504. The van der Waals surface area contributed by atoms with Gasteiger partial charge in [0, 0.05) is 38.1 Å². The molecule has 2 rings (SSSR count). The van der Waals surface area contributed by atoms with E-state index in [1.165, 1.54) is 0 Å². The average molecular weight is 261 g/mol. The van der Waals surface area contributed by atoms with Crippen molar-refractivity contribution in [3.05, 3.63) is 30.6 Å². The lowest BCUT2D eigenvalue weighted by atomic mass is 10.2. The van der Waals surface area contributed by atoms with Gasteiger partial charge in [-0.1, -0.05) is 12.2 Å². The summed E-state index contributed by atoms with van der Waals surface area (Å²) < 4.78 is 1.94. The number of guanidine groups is 1. The summed E-state index contributed by atoms with van der Waals surface area (Å²) in [6.45, 7) is 4.72. The fourth-order valence-electron chi connectivity index (χ4n) is 2.10. The van der Waals surface area contributed by atoms with Crippen molar-refractivity contribution in [3.8, 4) is 0 Å². The van der Waals surface area contributed by atoms with Crippen molar-refractivity contribution in [2.45, 2.75) is 38.8 Å². The van der Waals surface area contributed by atoms with Gasteiger partial charge in [-0.05, 0) is 32.3 Å². The molecule has 0 unspecified atom stereocenters. The maximum atomic E-state index is 4.60. The monoisotopic (exact) mass is 261 g/mol. The molecule has 1 aliphatic rings. The molecule has 1 aromatic heterocycles. The van der Waals surface area contributed by atoms with Gasteiger partial charge >= 0.3 is 0 Å². The van der Waals surface area contributed by atoms with Gasteiger partial charge in [0.05, 0.1) is 0 Å². The van der Waals surface area contributed by atoms with E-state index in [0.717, 1.165) is 44.9 Å². The number of rotatable bonds is 6. The Morgan fingerprint density at radius 3 is 2.95 bits per heavy atom. The SMILES string of the molecule is CCNC(=NCCCn1cccn1)NC1CC=CC1. The normalized spacial score (nSPS) is 15.9. The van der Waals surface area contributed by atoms with Gasteiger partial charge in [0.2, 0.25) is 0 Å². The second-order valence-corrected chi connectivity index (χ2v) is 4.67. The third-order valence-corrected chi connectivity index (χ3v) is 3.07. The van der Waals surface area contributed by atoms with E-state index in [1.54, 1.807) is 0 Å². The van der Waals surface area contributed by atoms with Crippen LogP contribution in [0.5, 0.6) is 0 Å². The lowest BCUT2D eigenvalue weighted by Gasteiger charge is -2.16. The number of hydrogen-bond donors (Lipinski definition) is 2. The second-order valence-electron chi connectivity index (χ2n) is 4.67. The van der Waals surface area contributed by atoms with Crippen molar-refractivity contribution in [1.82, 2.24) is 20.4 Å². The molecular formula is C14H23N5. The summed E-state index contributed by atoms with van der Waals surface area (Å²) in [6, 6.07) is 2.45. The molecule has 0 radical (unpaired) electrons. The number of nitrogens with zero attached hydrogens (tertiary/aromatic N) is 3. The molecule has 1 aliphatic carbocycles. The van der Waals surface area contributed by atoms with Gasteiger partial charge in [0.1, 0.15) is 0 Å². The first-order valence-corrected chi connectivity index (χ1v) is 7.05. The Hall–Kier alpha value is -1.78. The Morgan fingerprint density at radius 2 is 2.26 bits per heavy atom. The van der Waals surface area contributed by atoms with Gasteiger partial charge < -0.3 is 10.6 Å². The first kappa shape index (κ1) is 13.6. The van der Waals surface area contributed by atoms with Crippen LogP contribution >= 0.6 is 0 Å². The van der Waals surface area contributed by atoms with Crippen molar-refractivity contribution in [3.63, 3.8) is 0 Å². The number of nitrogens with one attached hydrogen (secondary N) is 2. The maximum absolute atomic E-state index is 4.60. The standard InChI is InChI=1S/C14H23N5/c1-2-15-14(18-13-7-3-4-8-13)16-9-5-11-19-12-6-10-17-19/h3-4,6,10,12-13H,2,5,7-9,11H2,1H3,(H2,15,16,18). The summed E-state index contributed by atoms with van der Waals surface area (Å²) in [6.07, 6.45) is 11.4. The smallest absolute Gasteiger partial charge is 0.191 e. The summed E-state index contributed by atoms with van der Waals surface area (Å²) in [5, 5.41) is 10.9. The van der Waals surface area contributed by atoms with Crippen molar-refractivity contribution in [1.29, 1.82) is 0 Å². The molecule has 0 atom stereocenters. The summed E-state index contributed by atoms with van der Waals surface area (Å²) in [5.74, 6) is 0.927. The highest BCUT2D eigenvalue weighted by atomic mass is 15.3. The lowest BCUT2D eigenvalue weighted by molar-refractivity contribution is 0.580.